The van der Waals surface area contributed by atoms with Gasteiger partial charge in [0.15, 0.2) is 17.6 Å². The van der Waals surface area contributed by atoms with Crippen molar-refractivity contribution in [1.29, 1.82) is 0 Å². The highest BCUT2D eigenvalue weighted by molar-refractivity contribution is 9.10. The number of carbonyl (C=O) groups is 3. The van der Waals surface area contributed by atoms with Gasteiger partial charge in [-0.05, 0) is 35.7 Å². The standard InChI is InChI=1S/C26H23BrO6/c1-17(28)31-22-15-14-21(16-23(22)32-18(2)29)26(3,27)25(30)33-24(19-10-6-4-7-11-19)20-12-8-5-9-13-20/h4-16,24H,1-3H3. The van der Waals surface area contributed by atoms with Crippen LogP contribution in [0.25, 0.3) is 0 Å². The maximum absolute atomic E-state index is 13.4. The van der Waals surface area contributed by atoms with Crippen molar-refractivity contribution < 1.29 is 28.6 Å². The van der Waals surface area contributed by atoms with Crippen LogP contribution in [0, 0.1) is 0 Å². The molecule has 0 heterocycles. The van der Waals surface area contributed by atoms with Crippen LogP contribution < -0.4 is 9.47 Å². The van der Waals surface area contributed by atoms with Gasteiger partial charge >= 0.3 is 17.9 Å². The van der Waals surface area contributed by atoms with Crippen LogP contribution in [0.5, 0.6) is 11.5 Å². The van der Waals surface area contributed by atoms with Gasteiger partial charge in [-0.15, -0.1) is 0 Å². The Bertz CT molecular complexity index is 1100. The van der Waals surface area contributed by atoms with E-state index in [0.29, 0.717) is 5.56 Å². The molecule has 0 aromatic heterocycles. The Morgan fingerprint density at radius 2 is 1.24 bits per heavy atom. The summed E-state index contributed by atoms with van der Waals surface area (Å²) >= 11 is 3.48. The van der Waals surface area contributed by atoms with Gasteiger partial charge in [0, 0.05) is 13.8 Å². The van der Waals surface area contributed by atoms with Crippen LogP contribution in [0.4, 0.5) is 0 Å². The van der Waals surface area contributed by atoms with Gasteiger partial charge < -0.3 is 14.2 Å². The topological polar surface area (TPSA) is 78.9 Å². The molecule has 0 radical (unpaired) electrons. The van der Waals surface area contributed by atoms with Crippen LogP contribution in [0.15, 0.2) is 78.9 Å². The summed E-state index contributed by atoms with van der Waals surface area (Å²) in [6.07, 6.45) is -0.620. The summed E-state index contributed by atoms with van der Waals surface area (Å²) in [5.41, 5.74) is 2.11. The number of esters is 3. The fourth-order valence-corrected chi connectivity index (χ4v) is 3.53. The Balaban J connectivity index is 1.94. The van der Waals surface area contributed by atoms with E-state index >= 15 is 0 Å². The molecule has 0 aliphatic carbocycles. The van der Waals surface area contributed by atoms with Crippen molar-refractivity contribution in [3.63, 3.8) is 0 Å². The molecule has 0 saturated heterocycles. The third kappa shape index (κ3) is 6.08. The minimum Gasteiger partial charge on any atom is -0.451 e. The lowest BCUT2D eigenvalue weighted by Gasteiger charge is -2.26. The minimum atomic E-state index is -1.28. The highest BCUT2D eigenvalue weighted by atomic mass is 79.9. The molecule has 0 amide bonds. The van der Waals surface area contributed by atoms with Crippen LogP contribution >= 0.6 is 15.9 Å². The number of halogens is 1. The van der Waals surface area contributed by atoms with Crippen molar-refractivity contribution in [2.75, 3.05) is 0 Å². The van der Waals surface area contributed by atoms with Gasteiger partial charge in [-0.3, -0.25) is 14.4 Å². The Morgan fingerprint density at radius 3 is 1.73 bits per heavy atom. The smallest absolute Gasteiger partial charge is 0.328 e. The van der Waals surface area contributed by atoms with Crippen molar-refractivity contribution in [3.05, 3.63) is 95.6 Å². The lowest BCUT2D eigenvalue weighted by atomic mass is 9.98. The predicted molar refractivity (Wildman–Crippen MR) is 126 cm³/mol. The highest BCUT2D eigenvalue weighted by Gasteiger charge is 2.37. The van der Waals surface area contributed by atoms with Crippen molar-refractivity contribution in [2.24, 2.45) is 0 Å². The first-order valence-corrected chi connectivity index (χ1v) is 11.0. The van der Waals surface area contributed by atoms with Crippen molar-refractivity contribution in [2.45, 2.75) is 31.2 Å². The van der Waals surface area contributed by atoms with Gasteiger partial charge in [-0.1, -0.05) is 82.7 Å². The van der Waals surface area contributed by atoms with Gasteiger partial charge in [-0.25, -0.2) is 0 Å². The summed E-state index contributed by atoms with van der Waals surface area (Å²) in [6.45, 7) is 4.11. The van der Waals surface area contributed by atoms with Crippen molar-refractivity contribution in [3.8, 4) is 11.5 Å². The average Bonchev–Trinajstić information content (AvgIpc) is 2.78. The number of benzene rings is 3. The van der Waals surface area contributed by atoms with Gasteiger partial charge in [0.25, 0.3) is 0 Å². The second-order valence-electron chi connectivity index (χ2n) is 7.46. The maximum Gasteiger partial charge on any atom is 0.328 e. The van der Waals surface area contributed by atoms with E-state index < -0.39 is 28.3 Å². The lowest BCUT2D eigenvalue weighted by molar-refractivity contribution is -0.150. The number of hydrogen-bond acceptors (Lipinski definition) is 6. The largest absolute Gasteiger partial charge is 0.451 e. The molecule has 0 bridgehead atoms. The molecule has 3 aromatic rings. The highest BCUT2D eigenvalue weighted by Crippen LogP contribution is 2.40. The van der Waals surface area contributed by atoms with Crippen LogP contribution in [-0.2, 0) is 23.4 Å². The van der Waals surface area contributed by atoms with Gasteiger partial charge in [0.1, 0.15) is 4.32 Å². The molecule has 0 aliphatic rings. The molecule has 0 saturated carbocycles. The van der Waals surface area contributed by atoms with E-state index in [2.05, 4.69) is 15.9 Å². The van der Waals surface area contributed by atoms with E-state index in [0.717, 1.165) is 11.1 Å². The lowest BCUT2D eigenvalue weighted by Crippen LogP contribution is -2.30. The predicted octanol–water partition coefficient (Wildman–Crippen LogP) is 5.48. The summed E-state index contributed by atoms with van der Waals surface area (Å²) in [5, 5.41) is 0. The van der Waals surface area contributed by atoms with E-state index in [4.69, 9.17) is 14.2 Å². The zero-order valence-corrected chi connectivity index (χ0v) is 20.0. The molecule has 0 aliphatic heterocycles. The quantitative estimate of drug-likeness (QED) is 0.238. The Morgan fingerprint density at radius 1 is 0.758 bits per heavy atom. The van der Waals surface area contributed by atoms with E-state index in [9.17, 15) is 14.4 Å². The van der Waals surface area contributed by atoms with Gasteiger partial charge in [-0.2, -0.15) is 0 Å². The zero-order chi connectivity index (χ0) is 24.0. The third-order valence-corrected chi connectivity index (χ3v) is 5.59. The molecule has 0 N–H and O–H groups in total. The number of ether oxygens (including phenoxy) is 3. The molecule has 3 aromatic carbocycles. The molecule has 7 heteroatoms. The Hall–Kier alpha value is -3.45. The van der Waals surface area contributed by atoms with Crippen molar-refractivity contribution in [1.82, 2.24) is 0 Å². The SMILES string of the molecule is CC(=O)Oc1ccc(C(C)(Br)C(=O)OC(c2ccccc2)c2ccccc2)cc1OC(C)=O. The number of hydrogen-bond donors (Lipinski definition) is 0. The summed E-state index contributed by atoms with van der Waals surface area (Å²) in [4.78, 5) is 36.3. The first kappa shape index (κ1) is 24.2. The van der Waals surface area contributed by atoms with E-state index in [1.54, 1.807) is 13.0 Å². The molecule has 1 unspecified atom stereocenters. The van der Waals surface area contributed by atoms with E-state index in [1.165, 1.54) is 26.0 Å². The fourth-order valence-electron chi connectivity index (χ4n) is 3.19. The first-order valence-electron chi connectivity index (χ1n) is 10.2. The normalized spacial score (nSPS) is 12.5. The first-order chi connectivity index (χ1) is 15.7. The summed E-state index contributed by atoms with van der Waals surface area (Å²) in [7, 11) is 0. The van der Waals surface area contributed by atoms with Crippen LogP contribution in [-0.4, -0.2) is 17.9 Å². The van der Waals surface area contributed by atoms with Gasteiger partial charge in [0.05, 0.1) is 0 Å². The monoisotopic (exact) mass is 510 g/mol. The molecule has 33 heavy (non-hydrogen) atoms. The molecule has 1 atom stereocenters. The molecule has 0 fully saturated rings. The Labute approximate surface area is 200 Å². The zero-order valence-electron chi connectivity index (χ0n) is 18.4. The Kier molecular flexibility index (Phi) is 7.66. The van der Waals surface area contributed by atoms with Crippen LogP contribution in [0.1, 0.15) is 43.6 Å². The number of alkyl halides is 1. The second kappa shape index (κ2) is 10.4. The fraction of sp³-hybridized carbons (Fsp3) is 0.192. The summed E-state index contributed by atoms with van der Waals surface area (Å²) < 4.78 is 15.0. The number of rotatable bonds is 7. The molecule has 6 nitrogen and oxygen atoms in total. The minimum absolute atomic E-state index is 0.0244. The molecular weight excluding hydrogens is 488 g/mol. The van der Waals surface area contributed by atoms with E-state index in [-0.39, 0.29) is 11.5 Å². The van der Waals surface area contributed by atoms with E-state index in [1.807, 2.05) is 60.7 Å². The molecule has 3 rings (SSSR count). The van der Waals surface area contributed by atoms with Crippen molar-refractivity contribution >= 4 is 33.8 Å². The summed E-state index contributed by atoms with van der Waals surface area (Å²) in [5.74, 6) is -1.60. The average molecular weight is 511 g/mol. The van der Waals surface area contributed by atoms with Crippen LogP contribution in [0.3, 0.4) is 0 Å². The van der Waals surface area contributed by atoms with Crippen LogP contribution in [0.2, 0.25) is 0 Å². The third-order valence-electron chi connectivity index (χ3n) is 4.81. The molecule has 0 spiro atoms. The maximum atomic E-state index is 13.4. The van der Waals surface area contributed by atoms with Gasteiger partial charge in [0.2, 0.25) is 0 Å². The molecule has 170 valence electrons. The second-order valence-corrected chi connectivity index (χ2v) is 9.04. The number of carbonyl (C=O) groups excluding carboxylic acids is 3. The molecular formula is C26H23BrO6. The summed E-state index contributed by atoms with van der Waals surface area (Å²) in [6, 6.07) is 23.4.